The second-order valence-electron chi connectivity index (χ2n) is 16.6. The van der Waals surface area contributed by atoms with Gasteiger partial charge < -0.3 is 44.6 Å². The van der Waals surface area contributed by atoms with Crippen LogP contribution in [0.2, 0.25) is 0 Å². The number of carbonyl (C=O) groups is 2. The molecule has 2 aliphatic rings. The third-order valence-electron chi connectivity index (χ3n) is 10.7. The largest absolute Gasteiger partial charge is 0.472 e. The molecular weight excluding hydrogens is 892 g/mol. The van der Waals surface area contributed by atoms with Crippen LogP contribution < -0.4 is 0 Å². The average Bonchev–Trinajstić information content (AvgIpc) is 4.08. The minimum atomic E-state index is -5.17. The molecule has 6 N–H and O–H groups in total. The molecule has 0 amide bonds. The quantitative estimate of drug-likeness (QED) is 0.0112. The third-order valence-corrected chi connectivity index (χ3v) is 11.7. The molecule has 0 aromatic rings. The zero-order valence-corrected chi connectivity index (χ0v) is 41.2. The molecule has 68 heavy (non-hydrogen) atoms. The van der Waals surface area contributed by atoms with Crippen molar-refractivity contribution in [2.24, 2.45) is 0 Å². The average molecular weight is 973 g/mol. The summed E-state index contributed by atoms with van der Waals surface area (Å²) in [7, 11) is -5.17. The van der Waals surface area contributed by atoms with Crippen molar-refractivity contribution in [3.05, 3.63) is 122 Å². The lowest BCUT2D eigenvalue weighted by molar-refractivity contribution is -0.220. The zero-order chi connectivity index (χ0) is 49.7. The highest BCUT2D eigenvalue weighted by atomic mass is 31.2. The molecule has 0 aromatic heterocycles. The number of aliphatic hydroxyl groups is 5. The summed E-state index contributed by atoms with van der Waals surface area (Å²) in [6.07, 6.45) is 43.1. The van der Waals surface area contributed by atoms with E-state index in [1.807, 2.05) is 36.5 Å². The van der Waals surface area contributed by atoms with E-state index in [2.05, 4.69) is 98.9 Å². The summed E-state index contributed by atoms with van der Waals surface area (Å²) in [4.78, 5) is 35.7. The Morgan fingerprint density at radius 3 is 1.41 bits per heavy atom. The molecule has 382 valence electrons. The maximum Gasteiger partial charge on any atom is 0.472 e. The highest BCUT2D eigenvalue weighted by Crippen LogP contribution is 2.47. The molecule has 14 nitrogen and oxygen atoms in total. The normalized spacial score (nSPS) is 25.1. The Morgan fingerprint density at radius 2 is 0.941 bits per heavy atom. The maximum absolute atomic E-state index is 12.8. The maximum atomic E-state index is 12.8. The Balaban J connectivity index is 1.76. The van der Waals surface area contributed by atoms with Gasteiger partial charge in [0.2, 0.25) is 0 Å². The zero-order valence-electron chi connectivity index (χ0n) is 40.3. The Kier molecular flexibility index (Phi) is 33.7. The molecule has 10 atom stereocenters. The SMILES string of the molecule is CC/C=C\CC1OC1C/C=C\C/C=C\C/C=C\C/C=C\CCC(=O)O[C@H](COC(=O)CC/C=C\C/C=C\C/C=C\C/C=C\C/C=C\CCCCC)COP(=O)(O)OC1[C@H](O)[C@H](O)C(O)[C@H](O)[C@H]1O. The van der Waals surface area contributed by atoms with Gasteiger partial charge in [-0.15, -0.1) is 0 Å². The van der Waals surface area contributed by atoms with E-state index >= 15 is 0 Å². The van der Waals surface area contributed by atoms with Crippen molar-refractivity contribution >= 4 is 19.8 Å². The molecule has 0 radical (unpaired) electrons. The highest BCUT2D eigenvalue weighted by molar-refractivity contribution is 7.47. The lowest BCUT2D eigenvalue weighted by atomic mass is 9.85. The summed E-state index contributed by atoms with van der Waals surface area (Å²) < 4.78 is 39.1. The van der Waals surface area contributed by atoms with Crippen molar-refractivity contribution < 1.29 is 67.8 Å². The molecule has 0 aromatic carbocycles. The van der Waals surface area contributed by atoms with E-state index < -0.39 is 75.7 Å². The van der Waals surface area contributed by atoms with Crippen LogP contribution >= 0.6 is 7.82 Å². The van der Waals surface area contributed by atoms with Crippen molar-refractivity contribution in [1.82, 2.24) is 0 Å². The fourth-order valence-corrected chi connectivity index (χ4v) is 7.66. The van der Waals surface area contributed by atoms with Gasteiger partial charge in [0.25, 0.3) is 0 Å². The van der Waals surface area contributed by atoms with Gasteiger partial charge in [-0.05, 0) is 89.9 Å². The fraction of sp³-hybridized carbons (Fsp3) is 0.585. The molecule has 1 aliphatic carbocycles. The second kappa shape index (κ2) is 38.0. The van der Waals surface area contributed by atoms with Crippen molar-refractivity contribution in [2.75, 3.05) is 13.2 Å². The summed E-state index contributed by atoms with van der Waals surface area (Å²) in [6, 6.07) is 0. The number of aliphatic hydroxyl groups excluding tert-OH is 5. The first-order chi connectivity index (χ1) is 32.9. The first kappa shape index (κ1) is 60.3. The number of phosphoric acid groups is 1. The predicted molar refractivity (Wildman–Crippen MR) is 266 cm³/mol. The van der Waals surface area contributed by atoms with Gasteiger partial charge in [0.1, 0.15) is 43.2 Å². The molecular formula is C53H81O14P. The number of allylic oxidation sites excluding steroid dienone is 18. The first-order valence-electron chi connectivity index (χ1n) is 24.5. The van der Waals surface area contributed by atoms with E-state index in [1.54, 1.807) is 0 Å². The summed E-state index contributed by atoms with van der Waals surface area (Å²) in [5.41, 5.74) is 0. The smallest absolute Gasteiger partial charge is 0.462 e. The third kappa shape index (κ3) is 29.3. The number of esters is 2. The molecule has 1 saturated carbocycles. The van der Waals surface area contributed by atoms with Crippen molar-refractivity contribution in [3.8, 4) is 0 Å². The van der Waals surface area contributed by atoms with Crippen LogP contribution in [0.25, 0.3) is 0 Å². The van der Waals surface area contributed by atoms with Gasteiger partial charge in [-0.1, -0.05) is 148 Å². The Labute approximate surface area is 405 Å². The summed E-state index contributed by atoms with van der Waals surface area (Å²) in [5, 5.41) is 50.2. The van der Waals surface area contributed by atoms with Crippen LogP contribution in [0.15, 0.2) is 122 Å². The molecule has 2 rings (SSSR count). The van der Waals surface area contributed by atoms with E-state index in [-0.39, 0.29) is 12.8 Å². The summed E-state index contributed by atoms with van der Waals surface area (Å²) in [6.45, 7) is 3.01. The molecule has 1 saturated heterocycles. The van der Waals surface area contributed by atoms with E-state index in [0.29, 0.717) is 37.9 Å². The number of ether oxygens (including phenoxy) is 3. The van der Waals surface area contributed by atoms with Gasteiger partial charge in [0.05, 0.1) is 18.8 Å². The number of epoxide rings is 1. The predicted octanol–water partition coefficient (Wildman–Crippen LogP) is 9.15. The number of rotatable bonds is 37. The van der Waals surface area contributed by atoms with Crippen LogP contribution in [-0.4, -0.2) is 111 Å². The van der Waals surface area contributed by atoms with Gasteiger partial charge in [-0.2, -0.15) is 0 Å². The lowest BCUT2D eigenvalue weighted by Gasteiger charge is -2.41. The summed E-state index contributed by atoms with van der Waals surface area (Å²) >= 11 is 0. The van der Waals surface area contributed by atoms with Gasteiger partial charge in [0.15, 0.2) is 6.10 Å². The number of unbranched alkanes of at least 4 members (excludes halogenated alkanes) is 3. The highest BCUT2D eigenvalue weighted by Gasteiger charge is 2.51. The monoisotopic (exact) mass is 973 g/mol. The van der Waals surface area contributed by atoms with Gasteiger partial charge in [-0.25, -0.2) is 4.57 Å². The van der Waals surface area contributed by atoms with Crippen LogP contribution in [0.1, 0.15) is 129 Å². The number of hydrogen-bond donors (Lipinski definition) is 6. The minimum Gasteiger partial charge on any atom is -0.462 e. The van der Waals surface area contributed by atoms with Crippen LogP contribution in [0.4, 0.5) is 0 Å². The number of carbonyl (C=O) groups excluding carboxylic acids is 2. The van der Waals surface area contributed by atoms with E-state index in [9.17, 15) is 44.6 Å². The summed E-state index contributed by atoms with van der Waals surface area (Å²) in [5.74, 6) is -1.31. The molecule has 15 heteroatoms. The van der Waals surface area contributed by atoms with Gasteiger partial charge in [-0.3, -0.25) is 18.6 Å². The standard InChI is InChI=1S/C53H81O14P/c1-3-5-7-8-9-10-11-12-13-14-15-16-17-18-22-25-28-31-35-39-46(54)63-41-43(42-64-68(61,62)67-53-51(59)49(57)48(56)50(58)52(53)60)65-47(55)40-36-32-29-26-23-20-19-21-24-27-30-34-38-45-44(66-45)37-33-6-4-2/h6,9-10,12-13,15-16,18,20-24,28-34,43-45,48-53,56-60H,3-5,7-8,11,14,17,19,25-27,35-42H2,1-2H3,(H,61,62)/b10-9-,13-12-,16-15-,22-18-,23-20-,24-21-,31-28-,32-29-,33-6-,34-30-/t43-,44?,45?,48?,49-,50+,51-,52-,53?/m1/s1. The van der Waals surface area contributed by atoms with E-state index in [0.717, 1.165) is 57.8 Å². The molecule has 1 aliphatic heterocycles. The molecule has 1 heterocycles. The molecule has 5 unspecified atom stereocenters. The van der Waals surface area contributed by atoms with Crippen molar-refractivity contribution in [2.45, 2.75) is 184 Å². The minimum absolute atomic E-state index is 0.0176. The Bertz CT molecular complexity index is 1710. The molecule has 0 bridgehead atoms. The Hall–Kier alpha value is -3.79. The van der Waals surface area contributed by atoms with Crippen LogP contribution in [0.3, 0.4) is 0 Å². The van der Waals surface area contributed by atoms with Crippen LogP contribution in [-0.2, 0) is 37.4 Å². The number of phosphoric ester groups is 1. The Morgan fingerprint density at radius 1 is 0.529 bits per heavy atom. The van der Waals surface area contributed by atoms with Crippen molar-refractivity contribution in [1.29, 1.82) is 0 Å². The van der Waals surface area contributed by atoms with Crippen molar-refractivity contribution in [3.63, 3.8) is 0 Å². The van der Waals surface area contributed by atoms with Crippen LogP contribution in [0, 0.1) is 0 Å². The lowest BCUT2D eigenvalue weighted by Crippen LogP contribution is -2.64. The van der Waals surface area contributed by atoms with Gasteiger partial charge in [0, 0.05) is 12.8 Å². The second-order valence-corrected chi connectivity index (χ2v) is 18.0. The van der Waals surface area contributed by atoms with Gasteiger partial charge >= 0.3 is 19.8 Å². The topological polar surface area (TPSA) is 222 Å². The van der Waals surface area contributed by atoms with E-state index in [4.69, 9.17) is 23.3 Å². The first-order valence-corrected chi connectivity index (χ1v) is 26.0. The molecule has 0 spiro atoms. The molecule has 2 fully saturated rings. The van der Waals surface area contributed by atoms with Crippen LogP contribution in [0.5, 0.6) is 0 Å². The van der Waals surface area contributed by atoms with E-state index in [1.165, 1.54) is 19.3 Å². The fourth-order valence-electron chi connectivity index (χ4n) is 6.69. The number of hydrogen-bond acceptors (Lipinski definition) is 13.